The quantitative estimate of drug-likeness (QED) is 0.848. The van der Waals surface area contributed by atoms with Gasteiger partial charge in [-0.2, -0.15) is 11.8 Å². The van der Waals surface area contributed by atoms with E-state index in [9.17, 15) is 4.79 Å². The van der Waals surface area contributed by atoms with Crippen molar-refractivity contribution in [1.82, 2.24) is 0 Å². The van der Waals surface area contributed by atoms with Crippen molar-refractivity contribution >= 4 is 35.0 Å². The molecule has 0 saturated heterocycles. The molecule has 106 valence electrons. The lowest BCUT2D eigenvalue weighted by Gasteiger charge is -2.15. The third-order valence-corrected chi connectivity index (χ3v) is 3.76. The molecule has 1 aromatic rings. The van der Waals surface area contributed by atoms with Crippen LogP contribution in [-0.4, -0.2) is 31.1 Å². The molecule has 0 aliphatic rings. The summed E-state index contributed by atoms with van der Waals surface area (Å²) in [5.41, 5.74) is 7.28. The third kappa shape index (κ3) is 4.60. The average molecular weight is 303 g/mol. The first kappa shape index (κ1) is 16.1. The lowest BCUT2D eigenvalue weighted by molar-refractivity contribution is -0.117. The van der Waals surface area contributed by atoms with Gasteiger partial charge in [-0.05, 0) is 37.0 Å². The number of nitrogens with one attached hydrogen (secondary N) is 1. The van der Waals surface area contributed by atoms with Crippen molar-refractivity contribution in [3.63, 3.8) is 0 Å². The van der Waals surface area contributed by atoms with Crippen molar-refractivity contribution in [2.75, 3.05) is 24.4 Å². The molecule has 19 heavy (non-hydrogen) atoms. The number of halogens is 1. The van der Waals surface area contributed by atoms with Gasteiger partial charge in [0.2, 0.25) is 5.91 Å². The van der Waals surface area contributed by atoms with E-state index in [2.05, 4.69) is 5.32 Å². The Balaban J connectivity index is 2.81. The molecule has 1 rings (SSSR count). The minimum Gasteiger partial charge on any atom is -0.495 e. The molecule has 3 N–H and O–H groups in total. The summed E-state index contributed by atoms with van der Waals surface area (Å²) in [5.74, 6) is 1.17. The van der Waals surface area contributed by atoms with Crippen LogP contribution in [0.25, 0.3) is 0 Å². The highest BCUT2D eigenvalue weighted by Gasteiger charge is 2.16. The number of anilines is 1. The summed E-state index contributed by atoms with van der Waals surface area (Å²) in [4.78, 5) is 11.9. The number of rotatable bonds is 6. The number of aryl methyl sites for hydroxylation is 1. The van der Waals surface area contributed by atoms with Crippen molar-refractivity contribution in [1.29, 1.82) is 0 Å². The number of ether oxygens (including phenoxy) is 1. The van der Waals surface area contributed by atoms with Gasteiger partial charge in [-0.1, -0.05) is 11.6 Å². The molecule has 0 saturated carbocycles. The smallest absolute Gasteiger partial charge is 0.241 e. The molecule has 0 radical (unpaired) electrons. The molecule has 0 aliphatic heterocycles. The molecular formula is C13H19ClN2O2S. The van der Waals surface area contributed by atoms with E-state index in [1.165, 1.54) is 7.11 Å². The Morgan fingerprint density at radius 1 is 1.58 bits per heavy atom. The van der Waals surface area contributed by atoms with Crippen molar-refractivity contribution in [3.8, 4) is 5.75 Å². The van der Waals surface area contributed by atoms with Gasteiger partial charge >= 0.3 is 0 Å². The van der Waals surface area contributed by atoms with Gasteiger partial charge in [0.25, 0.3) is 0 Å². The van der Waals surface area contributed by atoms with Crippen LogP contribution < -0.4 is 15.8 Å². The minimum atomic E-state index is -0.520. The minimum absolute atomic E-state index is 0.214. The maximum Gasteiger partial charge on any atom is 0.241 e. The van der Waals surface area contributed by atoms with E-state index in [1.54, 1.807) is 23.9 Å². The summed E-state index contributed by atoms with van der Waals surface area (Å²) < 4.78 is 5.20. The number of amides is 1. The lowest BCUT2D eigenvalue weighted by atomic mass is 10.1. The van der Waals surface area contributed by atoms with Crippen LogP contribution >= 0.6 is 23.4 Å². The van der Waals surface area contributed by atoms with Crippen LogP contribution in [0.3, 0.4) is 0 Å². The number of hydrogen-bond acceptors (Lipinski definition) is 4. The van der Waals surface area contributed by atoms with E-state index in [0.29, 0.717) is 22.9 Å². The first-order valence-corrected chi connectivity index (χ1v) is 7.66. The average Bonchev–Trinajstić information content (AvgIpc) is 2.39. The predicted molar refractivity (Wildman–Crippen MR) is 82.3 cm³/mol. The number of nitrogens with two attached hydrogens (primary N) is 1. The summed E-state index contributed by atoms with van der Waals surface area (Å²) in [7, 11) is 1.53. The fourth-order valence-electron chi connectivity index (χ4n) is 1.53. The molecule has 6 heteroatoms. The maximum atomic E-state index is 11.9. The SMILES string of the molecule is COc1cc(Cl)c(C)cc1NC(=O)[C@H](N)CCSC. The van der Waals surface area contributed by atoms with Crippen molar-refractivity contribution in [2.45, 2.75) is 19.4 Å². The molecule has 0 heterocycles. The van der Waals surface area contributed by atoms with Crippen LogP contribution in [0.4, 0.5) is 5.69 Å². The number of carbonyl (C=O) groups excluding carboxylic acids is 1. The van der Waals surface area contributed by atoms with Gasteiger partial charge in [0.15, 0.2) is 0 Å². The second kappa shape index (κ2) is 7.62. The van der Waals surface area contributed by atoms with E-state index in [0.717, 1.165) is 11.3 Å². The third-order valence-electron chi connectivity index (χ3n) is 2.71. The van der Waals surface area contributed by atoms with E-state index in [-0.39, 0.29) is 5.91 Å². The molecule has 0 bridgehead atoms. The van der Waals surface area contributed by atoms with Gasteiger partial charge in [-0.25, -0.2) is 0 Å². The predicted octanol–water partition coefficient (Wildman–Crippen LogP) is 2.68. The summed E-state index contributed by atoms with van der Waals surface area (Å²) in [6, 6.07) is 2.94. The zero-order valence-electron chi connectivity index (χ0n) is 11.3. The van der Waals surface area contributed by atoms with Crippen LogP contribution in [0.15, 0.2) is 12.1 Å². The second-order valence-corrected chi connectivity index (χ2v) is 5.57. The topological polar surface area (TPSA) is 64.3 Å². The van der Waals surface area contributed by atoms with E-state index in [1.807, 2.05) is 13.2 Å². The van der Waals surface area contributed by atoms with Crippen LogP contribution in [0.1, 0.15) is 12.0 Å². The first-order valence-electron chi connectivity index (χ1n) is 5.89. The van der Waals surface area contributed by atoms with Crippen molar-refractivity contribution in [3.05, 3.63) is 22.7 Å². The summed E-state index contributed by atoms with van der Waals surface area (Å²) in [5, 5.41) is 3.38. The Bertz CT molecular complexity index is 455. The standard InChI is InChI=1S/C13H19ClN2O2S/c1-8-6-11(12(18-2)7-9(8)14)16-13(17)10(15)4-5-19-3/h6-7,10H,4-5,15H2,1-3H3,(H,16,17)/t10-/m1/s1. The first-order chi connectivity index (χ1) is 8.99. The molecule has 0 aliphatic carbocycles. The molecule has 0 unspecified atom stereocenters. The van der Waals surface area contributed by atoms with Gasteiger partial charge in [0.05, 0.1) is 18.8 Å². The Labute approximate surface area is 123 Å². The highest BCUT2D eigenvalue weighted by molar-refractivity contribution is 7.98. The van der Waals surface area contributed by atoms with Gasteiger partial charge in [0, 0.05) is 11.1 Å². The van der Waals surface area contributed by atoms with E-state index >= 15 is 0 Å². The van der Waals surface area contributed by atoms with Gasteiger partial charge in [-0.3, -0.25) is 4.79 Å². The zero-order chi connectivity index (χ0) is 14.4. The van der Waals surface area contributed by atoms with Crippen LogP contribution in [0.2, 0.25) is 5.02 Å². The lowest BCUT2D eigenvalue weighted by Crippen LogP contribution is -2.36. The summed E-state index contributed by atoms with van der Waals surface area (Å²) >= 11 is 7.68. The fourth-order valence-corrected chi connectivity index (χ4v) is 2.17. The van der Waals surface area contributed by atoms with Gasteiger partial charge in [-0.15, -0.1) is 0 Å². The summed E-state index contributed by atoms with van der Waals surface area (Å²) in [6.07, 6.45) is 2.62. The molecule has 0 fully saturated rings. The van der Waals surface area contributed by atoms with Crippen LogP contribution in [-0.2, 0) is 4.79 Å². The fraction of sp³-hybridized carbons (Fsp3) is 0.462. The van der Waals surface area contributed by atoms with E-state index < -0.39 is 6.04 Å². The number of thioether (sulfide) groups is 1. The maximum absolute atomic E-state index is 11.9. The van der Waals surface area contributed by atoms with Gasteiger partial charge in [0.1, 0.15) is 5.75 Å². The number of hydrogen-bond donors (Lipinski definition) is 2. The molecule has 0 spiro atoms. The largest absolute Gasteiger partial charge is 0.495 e. The Morgan fingerprint density at radius 2 is 2.26 bits per heavy atom. The number of methoxy groups -OCH3 is 1. The highest BCUT2D eigenvalue weighted by Crippen LogP contribution is 2.31. The zero-order valence-corrected chi connectivity index (χ0v) is 12.9. The monoisotopic (exact) mass is 302 g/mol. The number of carbonyl (C=O) groups is 1. The normalized spacial score (nSPS) is 12.1. The van der Waals surface area contributed by atoms with Gasteiger partial charge < -0.3 is 15.8 Å². The van der Waals surface area contributed by atoms with Crippen LogP contribution in [0, 0.1) is 6.92 Å². The Morgan fingerprint density at radius 3 is 2.84 bits per heavy atom. The number of benzene rings is 1. The molecular weight excluding hydrogens is 284 g/mol. The van der Waals surface area contributed by atoms with Crippen molar-refractivity contribution < 1.29 is 9.53 Å². The molecule has 1 amide bonds. The molecule has 1 aromatic carbocycles. The van der Waals surface area contributed by atoms with Crippen molar-refractivity contribution in [2.24, 2.45) is 5.73 Å². The second-order valence-electron chi connectivity index (χ2n) is 4.18. The molecule has 4 nitrogen and oxygen atoms in total. The molecule has 0 aromatic heterocycles. The molecule has 1 atom stereocenters. The Kier molecular flexibility index (Phi) is 6.48. The Hall–Kier alpha value is -0.910. The van der Waals surface area contributed by atoms with E-state index in [4.69, 9.17) is 22.1 Å². The van der Waals surface area contributed by atoms with Crippen LogP contribution in [0.5, 0.6) is 5.75 Å². The summed E-state index contributed by atoms with van der Waals surface area (Å²) in [6.45, 7) is 1.87. The highest BCUT2D eigenvalue weighted by atomic mass is 35.5.